The fourth-order valence-electron chi connectivity index (χ4n) is 4.81. The molecule has 0 spiro atoms. The van der Waals surface area contributed by atoms with Gasteiger partial charge in [0.1, 0.15) is 18.3 Å². The van der Waals surface area contributed by atoms with E-state index in [1.165, 1.54) is 23.1 Å². The molecule has 0 aliphatic rings. The molecule has 44 heavy (non-hydrogen) atoms. The van der Waals surface area contributed by atoms with Gasteiger partial charge in [0, 0.05) is 24.5 Å². The van der Waals surface area contributed by atoms with Crippen LogP contribution in [-0.2, 0) is 32.6 Å². The molecule has 2 amide bonds. The fourth-order valence-corrected chi connectivity index (χ4v) is 6.40. The summed E-state index contributed by atoms with van der Waals surface area (Å²) in [6.45, 7) is 3.51. The third kappa shape index (κ3) is 8.18. The largest absolute Gasteiger partial charge is 0.497 e. The number of likely N-dealkylation sites (N-methyl/N-ethyl adjacent to an activating group) is 1. The standard InChI is InChI=1S/C34H36ClN3O5S/c1-4-36-34(40)32(21-26-10-6-5-7-11-26)37(23-27-12-8-15-30(20-27)43-3)33(39)24-38(29-14-9-13-28(35)22-29)44(41,42)31-18-16-25(2)17-19-31/h5-20,22,32H,4,21,23-24H2,1-3H3,(H,36,40)/t32-/m1/s1. The van der Waals surface area contributed by atoms with Crippen LogP contribution in [0.4, 0.5) is 5.69 Å². The van der Waals surface area contributed by atoms with E-state index in [9.17, 15) is 18.0 Å². The van der Waals surface area contributed by atoms with Crippen molar-refractivity contribution in [2.45, 2.75) is 37.8 Å². The molecule has 4 aromatic rings. The first-order chi connectivity index (χ1) is 21.1. The van der Waals surface area contributed by atoms with E-state index in [1.54, 1.807) is 62.6 Å². The molecule has 4 aromatic carbocycles. The van der Waals surface area contributed by atoms with E-state index in [0.29, 0.717) is 17.3 Å². The smallest absolute Gasteiger partial charge is 0.264 e. The lowest BCUT2D eigenvalue weighted by Crippen LogP contribution is -2.53. The van der Waals surface area contributed by atoms with E-state index in [4.69, 9.17) is 16.3 Å². The molecule has 0 aromatic heterocycles. The Balaban J connectivity index is 1.80. The minimum atomic E-state index is -4.21. The van der Waals surface area contributed by atoms with Crippen molar-refractivity contribution in [2.24, 2.45) is 0 Å². The summed E-state index contributed by atoms with van der Waals surface area (Å²) in [7, 11) is -2.66. The summed E-state index contributed by atoms with van der Waals surface area (Å²) in [5.41, 5.74) is 2.69. The molecule has 0 fully saturated rings. The summed E-state index contributed by atoms with van der Waals surface area (Å²) >= 11 is 6.28. The molecular formula is C34H36ClN3O5S. The van der Waals surface area contributed by atoms with Gasteiger partial charge in [-0.15, -0.1) is 0 Å². The van der Waals surface area contributed by atoms with Gasteiger partial charge in [0.25, 0.3) is 10.0 Å². The number of methoxy groups -OCH3 is 1. The quantitative estimate of drug-likeness (QED) is 0.206. The van der Waals surface area contributed by atoms with E-state index in [0.717, 1.165) is 21.0 Å². The Labute approximate surface area is 264 Å². The van der Waals surface area contributed by atoms with Crippen molar-refractivity contribution in [3.63, 3.8) is 0 Å². The van der Waals surface area contributed by atoms with Crippen molar-refractivity contribution in [3.05, 3.63) is 125 Å². The van der Waals surface area contributed by atoms with Crippen molar-refractivity contribution in [1.82, 2.24) is 10.2 Å². The number of hydrogen-bond donors (Lipinski definition) is 1. The highest BCUT2D eigenvalue weighted by Crippen LogP contribution is 2.27. The first kappa shape index (κ1) is 32.6. The SMILES string of the molecule is CCNC(=O)[C@@H](Cc1ccccc1)N(Cc1cccc(OC)c1)C(=O)CN(c1cccc(Cl)c1)S(=O)(=O)c1ccc(C)cc1. The second kappa shape index (κ2) is 14.9. The Bertz CT molecular complexity index is 1680. The average molecular weight is 634 g/mol. The third-order valence-corrected chi connectivity index (χ3v) is 9.12. The highest BCUT2D eigenvalue weighted by molar-refractivity contribution is 7.92. The number of sulfonamides is 1. The van der Waals surface area contributed by atoms with E-state index in [2.05, 4.69) is 5.32 Å². The van der Waals surface area contributed by atoms with Crippen LogP contribution in [0.3, 0.4) is 0 Å². The predicted molar refractivity (Wildman–Crippen MR) is 173 cm³/mol. The van der Waals surface area contributed by atoms with Gasteiger partial charge in [-0.2, -0.15) is 0 Å². The predicted octanol–water partition coefficient (Wildman–Crippen LogP) is 5.63. The zero-order valence-corrected chi connectivity index (χ0v) is 26.5. The van der Waals surface area contributed by atoms with Crippen LogP contribution in [-0.4, -0.2) is 51.4 Å². The molecule has 10 heteroatoms. The maximum Gasteiger partial charge on any atom is 0.264 e. The van der Waals surface area contributed by atoms with Gasteiger partial charge in [0.2, 0.25) is 11.8 Å². The van der Waals surface area contributed by atoms with Gasteiger partial charge in [-0.1, -0.05) is 77.8 Å². The Morgan fingerprint density at radius 3 is 2.23 bits per heavy atom. The zero-order valence-electron chi connectivity index (χ0n) is 24.9. The Morgan fingerprint density at radius 2 is 1.57 bits per heavy atom. The number of carbonyl (C=O) groups is 2. The van der Waals surface area contributed by atoms with E-state index in [-0.39, 0.29) is 29.5 Å². The number of benzene rings is 4. The number of rotatable bonds is 13. The van der Waals surface area contributed by atoms with E-state index in [1.807, 2.05) is 43.3 Å². The van der Waals surface area contributed by atoms with Crippen LogP contribution in [0.5, 0.6) is 5.75 Å². The summed E-state index contributed by atoms with van der Waals surface area (Å²) in [6, 6.07) is 28.4. The van der Waals surface area contributed by atoms with Crippen molar-refractivity contribution < 1.29 is 22.7 Å². The topological polar surface area (TPSA) is 96.0 Å². The van der Waals surface area contributed by atoms with Crippen LogP contribution < -0.4 is 14.4 Å². The minimum absolute atomic E-state index is 0.0276. The lowest BCUT2D eigenvalue weighted by molar-refractivity contribution is -0.140. The Kier molecular flexibility index (Phi) is 11.0. The van der Waals surface area contributed by atoms with Crippen molar-refractivity contribution in [1.29, 1.82) is 0 Å². The van der Waals surface area contributed by atoms with Gasteiger partial charge in [-0.3, -0.25) is 13.9 Å². The number of nitrogens with zero attached hydrogens (tertiary/aromatic N) is 2. The molecule has 0 bridgehead atoms. The molecule has 1 atom stereocenters. The maximum absolute atomic E-state index is 14.4. The molecule has 0 saturated carbocycles. The summed E-state index contributed by atoms with van der Waals surface area (Å²) in [5.74, 6) is -0.311. The second-order valence-electron chi connectivity index (χ2n) is 10.3. The summed E-state index contributed by atoms with van der Waals surface area (Å²) in [5, 5.41) is 3.17. The van der Waals surface area contributed by atoms with Crippen molar-refractivity contribution >= 4 is 39.1 Å². The van der Waals surface area contributed by atoms with Crippen molar-refractivity contribution in [2.75, 3.05) is 24.5 Å². The molecule has 0 heterocycles. The van der Waals surface area contributed by atoms with Crippen LogP contribution in [0.2, 0.25) is 5.02 Å². The molecule has 0 aliphatic heterocycles. The van der Waals surface area contributed by atoms with Gasteiger partial charge in [-0.25, -0.2) is 8.42 Å². The number of aryl methyl sites for hydroxylation is 1. The summed E-state index contributed by atoms with van der Waals surface area (Å²) in [4.78, 5) is 29.5. The number of amides is 2. The number of ether oxygens (including phenoxy) is 1. The molecular weight excluding hydrogens is 598 g/mol. The number of anilines is 1. The lowest BCUT2D eigenvalue weighted by Gasteiger charge is -2.34. The normalized spacial score (nSPS) is 11.8. The van der Waals surface area contributed by atoms with Gasteiger partial charge < -0.3 is 15.0 Å². The monoisotopic (exact) mass is 633 g/mol. The second-order valence-corrected chi connectivity index (χ2v) is 12.6. The first-order valence-electron chi connectivity index (χ1n) is 14.2. The Hall–Kier alpha value is -4.34. The first-order valence-corrected chi connectivity index (χ1v) is 16.0. The molecule has 0 aliphatic carbocycles. The van der Waals surface area contributed by atoms with Gasteiger partial charge in [0.15, 0.2) is 0 Å². The van der Waals surface area contributed by atoms with Gasteiger partial charge in [0.05, 0.1) is 17.7 Å². The number of nitrogens with one attached hydrogen (secondary N) is 1. The summed E-state index contributed by atoms with van der Waals surface area (Å²) < 4.78 is 34.6. The Morgan fingerprint density at radius 1 is 0.886 bits per heavy atom. The van der Waals surface area contributed by atoms with Crippen LogP contribution in [0.1, 0.15) is 23.6 Å². The summed E-state index contributed by atoms with van der Waals surface area (Å²) in [6.07, 6.45) is 0.226. The highest BCUT2D eigenvalue weighted by Gasteiger charge is 2.34. The third-order valence-electron chi connectivity index (χ3n) is 7.09. The number of halogens is 1. The molecule has 8 nitrogen and oxygen atoms in total. The van der Waals surface area contributed by atoms with Gasteiger partial charge in [-0.05, 0) is 67.4 Å². The van der Waals surface area contributed by atoms with Crippen molar-refractivity contribution in [3.8, 4) is 5.75 Å². The van der Waals surface area contributed by atoms with Crippen LogP contribution in [0, 0.1) is 6.92 Å². The molecule has 0 saturated heterocycles. The lowest BCUT2D eigenvalue weighted by atomic mass is 10.0. The molecule has 230 valence electrons. The average Bonchev–Trinajstić information content (AvgIpc) is 3.02. The van der Waals surface area contributed by atoms with Crippen LogP contribution >= 0.6 is 11.6 Å². The number of hydrogen-bond acceptors (Lipinski definition) is 5. The van der Waals surface area contributed by atoms with E-state index >= 15 is 0 Å². The molecule has 1 N–H and O–H groups in total. The molecule has 4 rings (SSSR count). The van der Waals surface area contributed by atoms with E-state index < -0.39 is 28.5 Å². The van der Waals surface area contributed by atoms with Crippen LogP contribution in [0.25, 0.3) is 0 Å². The zero-order chi connectivity index (χ0) is 31.7. The molecule has 0 radical (unpaired) electrons. The van der Waals surface area contributed by atoms with Gasteiger partial charge >= 0.3 is 0 Å². The molecule has 0 unspecified atom stereocenters. The highest BCUT2D eigenvalue weighted by atomic mass is 35.5. The number of carbonyl (C=O) groups excluding carboxylic acids is 2. The maximum atomic E-state index is 14.4. The fraction of sp³-hybridized carbons (Fsp3) is 0.235. The van der Waals surface area contributed by atoms with Crippen LogP contribution in [0.15, 0.2) is 108 Å². The minimum Gasteiger partial charge on any atom is -0.497 e.